The van der Waals surface area contributed by atoms with Gasteiger partial charge in [0, 0.05) is 12.1 Å². The lowest BCUT2D eigenvalue weighted by Gasteiger charge is -2.07. The second-order valence-electron chi connectivity index (χ2n) is 4.15. The van der Waals surface area contributed by atoms with Gasteiger partial charge in [-0.1, -0.05) is 41.4 Å². The van der Waals surface area contributed by atoms with E-state index >= 15 is 0 Å². The summed E-state index contributed by atoms with van der Waals surface area (Å²) in [5.41, 5.74) is 2.07. The molecule has 0 saturated carbocycles. The van der Waals surface area contributed by atoms with Gasteiger partial charge >= 0.3 is 0 Å². The van der Waals surface area contributed by atoms with E-state index in [1.165, 1.54) is 12.1 Å². The van der Waals surface area contributed by atoms with Crippen LogP contribution in [0, 0.1) is 17.0 Å². The van der Waals surface area contributed by atoms with E-state index in [4.69, 9.17) is 16.3 Å². The lowest BCUT2D eigenvalue weighted by Crippen LogP contribution is -1.96. The minimum absolute atomic E-state index is 0.0757. The zero-order chi connectivity index (χ0) is 13.8. The predicted molar refractivity (Wildman–Crippen MR) is 73.6 cm³/mol. The molecule has 5 heteroatoms. The fraction of sp³-hybridized carbons (Fsp3) is 0.143. The fourth-order valence-electron chi connectivity index (χ4n) is 1.69. The molecule has 2 rings (SSSR count). The predicted octanol–water partition coefficient (Wildman–Crippen LogP) is 4.14. The number of ether oxygens (including phenoxy) is 1. The largest absolute Gasteiger partial charge is 0.489 e. The Morgan fingerprint density at radius 1 is 1.26 bits per heavy atom. The highest BCUT2D eigenvalue weighted by atomic mass is 35.5. The van der Waals surface area contributed by atoms with E-state index in [1.54, 1.807) is 6.07 Å². The first-order valence-corrected chi connectivity index (χ1v) is 6.06. The molecule has 0 unspecified atom stereocenters. The third-order valence-corrected chi connectivity index (χ3v) is 2.91. The maximum Gasteiger partial charge on any atom is 0.288 e. The van der Waals surface area contributed by atoms with Crippen molar-refractivity contribution < 1.29 is 9.66 Å². The van der Waals surface area contributed by atoms with Crippen LogP contribution in [0.3, 0.4) is 0 Å². The molecule has 0 N–H and O–H groups in total. The first-order chi connectivity index (χ1) is 9.06. The number of nitro benzene ring substituents is 1. The molecule has 0 spiro atoms. The van der Waals surface area contributed by atoms with Gasteiger partial charge in [0.25, 0.3) is 5.69 Å². The van der Waals surface area contributed by atoms with Crippen molar-refractivity contribution in [2.75, 3.05) is 0 Å². The van der Waals surface area contributed by atoms with Crippen LogP contribution in [-0.4, -0.2) is 4.92 Å². The summed E-state index contributed by atoms with van der Waals surface area (Å²) in [5, 5.41) is 10.7. The summed E-state index contributed by atoms with van der Waals surface area (Å²) < 4.78 is 5.56. The molecule has 0 aliphatic heterocycles. The minimum atomic E-state index is -0.521. The van der Waals surface area contributed by atoms with Crippen LogP contribution in [0.15, 0.2) is 42.5 Å². The van der Waals surface area contributed by atoms with Gasteiger partial charge in [0.2, 0.25) is 0 Å². The van der Waals surface area contributed by atoms with Gasteiger partial charge in [-0.15, -0.1) is 0 Å². The van der Waals surface area contributed by atoms with E-state index in [9.17, 15) is 10.1 Å². The van der Waals surface area contributed by atoms with Gasteiger partial charge in [0.1, 0.15) is 17.4 Å². The van der Waals surface area contributed by atoms with Gasteiger partial charge in [-0.2, -0.15) is 0 Å². The van der Waals surface area contributed by atoms with Crippen molar-refractivity contribution in [3.63, 3.8) is 0 Å². The Labute approximate surface area is 115 Å². The second-order valence-corrected chi connectivity index (χ2v) is 4.56. The standard InChI is InChI=1S/C14H12ClNO3/c1-10-3-2-4-11(7-10)9-19-12-5-6-14(16(17)18)13(15)8-12/h2-8H,9H2,1H3. The first kappa shape index (κ1) is 13.4. The number of halogens is 1. The molecular formula is C14H12ClNO3. The summed E-state index contributed by atoms with van der Waals surface area (Å²) >= 11 is 5.81. The highest BCUT2D eigenvalue weighted by Crippen LogP contribution is 2.28. The number of rotatable bonds is 4. The molecule has 2 aromatic carbocycles. The Hall–Kier alpha value is -2.07. The van der Waals surface area contributed by atoms with Gasteiger partial charge in [0.15, 0.2) is 0 Å². The lowest BCUT2D eigenvalue weighted by molar-refractivity contribution is -0.384. The fourth-order valence-corrected chi connectivity index (χ4v) is 1.93. The van der Waals surface area contributed by atoms with E-state index in [0.29, 0.717) is 12.4 Å². The van der Waals surface area contributed by atoms with Crippen LogP contribution in [0.25, 0.3) is 0 Å². The molecule has 0 radical (unpaired) electrons. The van der Waals surface area contributed by atoms with E-state index in [0.717, 1.165) is 11.1 Å². The number of nitrogens with zero attached hydrogens (tertiary/aromatic N) is 1. The number of aryl methyl sites for hydroxylation is 1. The zero-order valence-electron chi connectivity index (χ0n) is 10.3. The molecule has 19 heavy (non-hydrogen) atoms. The van der Waals surface area contributed by atoms with Crippen LogP contribution in [0.5, 0.6) is 5.75 Å². The second kappa shape index (κ2) is 5.71. The molecule has 0 amide bonds. The average molecular weight is 278 g/mol. The topological polar surface area (TPSA) is 52.4 Å². The van der Waals surface area contributed by atoms with Crippen molar-refractivity contribution in [2.45, 2.75) is 13.5 Å². The van der Waals surface area contributed by atoms with Crippen LogP contribution in [-0.2, 0) is 6.61 Å². The van der Waals surface area contributed by atoms with Crippen molar-refractivity contribution in [1.82, 2.24) is 0 Å². The summed E-state index contributed by atoms with van der Waals surface area (Å²) in [7, 11) is 0. The summed E-state index contributed by atoms with van der Waals surface area (Å²) in [6.45, 7) is 2.40. The third-order valence-electron chi connectivity index (χ3n) is 2.60. The number of hydrogen-bond acceptors (Lipinski definition) is 3. The van der Waals surface area contributed by atoms with Crippen LogP contribution in [0.4, 0.5) is 5.69 Å². The molecule has 4 nitrogen and oxygen atoms in total. The zero-order valence-corrected chi connectivity index (χ0v) is 11.1. The number of nitro groups is 1. The van der Waals surface area contributed by atoms with Crippen molar-refractivity contribution in [2.24, 2.45) is 0 Å². The van der Waals surface area contributed by atoms with E-state index < -0.39 is 4.92 Å². The van der Waals surface area contributed by atoms with Crippen molar-refractivity contribution in [1.29, 1.82) is 0 Å². The van der Waals surface area contributed by atoms with Crippen molar-refractivity contribution in [3.05, 3.63) is 68.7 Å². The van der Waals surface area contributed by atoms with Crippen molar-refractivity contribution in [3.8, 4) is 5.75 Å². The molecule has 98 valence electrons. The molecule has 0 aromatic heterocycles. The average Bonchev–Trinajstić information content (AvgIpc) is 2.36. The van der Waals surface area contributed by atoms with Gasteiger partial charge in [0.05, 0.1) is 4.92 Å². The first-order valence-electron chi connectivity index (χ1n) is 5.68. The summed E-state index contributed by atoms with van der Waals surface area (Å²) in [4.78, 5) is 10.1. The Morgan fingerprint density at radius 2 is 2.05 bits per heavy atom. The molecular weight excluding hydrogens is 266 g/mol. The molecule has 0 aliphatic rings. The highest BCUT2D eigenvalue weighted by molar-refractivity contribution is 6.32. The van der Waals surface area contributed by atoms with E-state index in [1.807, 2.05) is 31.2 Å². The Kier molecular flexibility index (Phi) is 4.02. The Balaban J connectivity index is 2.08. The molecule has 0 bridgehead atoms. The van der Waals surface area contributed by atoms with Crippen LogP contribution < -0.4 is 4.74 Å². The molecule has 0 saturated heterocycles. The monoisotopic (exact) mass is 277 g/mol. The summed E-state index contributed by atoms with van der Waals surface area (Å²) in [6, 6.07) is 12.3. The smallest absolute Gasteiger partial charge is 0.288 e. The lowest BCUT2D eigenvalue weighted by atomic mass is 10.1. The van der Waals surface area contributed by atoms with E-state index in [2.05, 4.69) is 0 Å². The quantitative estimate of drug-likeness (QED) is 0.623. The van der Waals surface area contributed by atoms with Gasteiger partial charge in [-0.05, 0) is 18.6 Å². The third kappa shape index (κ3) is 3.45. The van der Waals surface area contributed by atoms with Gasteiger partial charge in [-0.25, -0.2) is 0 Å². The highest BCUT2D eigenvalue weighted by Gasteiger charge is 2.12. The number of hydrogen-bond donors (Lipinski definition) is 0. The molecule has 0 atom stereocenters. The maximum atomic E-state index is 10.6. The normalized spacial score (nSPS) is 10.2. The molecule has 0 fully saturated rings. The summed E-state index contributed by atoms with van der Waals surface area (Å²) in [6.07, 6.45) is 0. The minimum Gasteiger partial charge on any atom is -0.489 e. The summed E-state index contributed by atoms with van der Waals surface area (Å²) in [5.74, 6) is 0.511. The van der Waals surface area contributed by atoms with E-state index in [-0.39, 0.29) is 10.7 Å². The van der Waals surface area contributed by atoms with Crippen molar-refractivity contribution >= 4 is 17.3 Å². The van der Waals surface area contributed by atoms with Crippen LogP contribution >= 0.6 is 11.6 Å². The van der Waals surface area contributed by atoms with Crippen LogP contribution in [0.1, 0.15) is 11.1 Å². The molecule has 0 heterocycles. The SMILES string of the molecule is Cc1cccc(COc2ccc([N+](=O)[O-])c(Cl)c2)c1. The molecule has 0 aliphatic carbocycles. The number of benzene rings is 2. The Bertz CT molecular complexity index is 613. The van der Waals surface area contributed by atoms with Gasteiger partial charge in [-0.3, -0.25) is 10.1 Å². The van der Waals surface area contributed by atoms with Gasteiger partial charge < -0.3 is 4.74 Å². The van der Waals surface area contributed by atoms with Crippen LogP contribution in [0.2, 0.25) is 5.02 Å². The molecule has 2 aromatic rings. The maximum absolute atomic E-state index is 10.6. The Morgan fingerprint density at radius 3 is 2.68 bits per heavy atom.